The molecule has 0 radical (unpaired) electrons. The minimum absolute atomic E-state index is 0.0229. The third-order valence-electron chi connectivity index (χ3n) is 4.85. The van der Waals surface area contributed by atoms with Crippen LogP contribution in [0.4, 0.5) is 10.8 Å². The first-order valence-electron chi connectivity index (χ1n) is 9.44. The zero-order chi connectivity index (χ0) is 20.5. The Balaban J connectivity index is 1.48. The highest BCUT2D eigenvalue weighted by Crippen LogP contribution is 2.29. The first-order chi connectivity index (χ1) is 14.7. The van der Waals surface area contributed by atoms with E-state index in [1.54, 1.807) is 23.5 Å². The molecular formula is C22H17N5O2S. The Morgan fingerprint density at radius 2 is 2.00 bits per heavy atom. The molecule has 2 aromatic heterocycles. The van der Waals surface area contributed by atoms with E-state index in [9.17, 15) is 9.90 Å². The minimum Gasteiger partial charge on any atom is -0.477 e. The summed E-state index contributed by atoms with van der Waals surface area (Å²) in [4.78, 5) is 20.1. The summed E-state index contributed by atoms with van der Waals surface area (Å²) >= 11 is 1.56. The quantitative estimate of drug-likeness (QED) is 0.418. The third kappa shape index (κ3) is 3.48. The number of thiazole rings is 1. The zero-order valence-corrected chi connectivity index (χ0v) is 16.6. The Labute approximate surface area is 176 Å². The van der Waals surface area contributed by atoms with Gasteiger partial charge >= 0.3 is 5.97 Å². The van der Waals surface area contributed by atoms with E-state index in [-0.39, 0.29) is 5.69 Å². The van der Waals surface area contributed by atoms with Gasteiger partial charge < -0.3 is 10.4 Å². The van der Waals surface area contributed by atoms with Crippen LogP contribution in [0.3, 0.4) is 0 Å². The highest BCUT2D eigenvalue weighted by atomic mass is 32.1. The van der Waals surface area contributed by atoms with Crippen molar-refractivity contribution >= 4 is 44.1 Å². The molecule has 0 atom stereocenters. The molecule has 7 nitrogen and oxygen atoms in total. The van der Waals surface area contributed by atoms with Crippen LogP contribution in [0.2, 0.25) is 0 Å². The van der Waals surface area contributed by atoms with Crippen LogP contribution in [0.1, 0.15) is 22.5 Å². The normalized spacial score (nSPS) is 14.3. The van der Waals surface area contributed by atoms with Crippen LogP contribution in [0.5, 0.6) is 0 Å². The molecule has 0 unspecified atom stereocenters. The van der Waals surface area contributed by atoms with Crippen LogP contribution >= 0.6 is 11.3 Å². The summed E-state index contributed by atoms with van der Waals surface area (Å²) in [5, 5.41) is 18.0. The molecule has 0 aliphatic carbocycles. The van der Waals surface area contributed by atoms with Gasteiger partial charge in [-0.2, -0.15) is 5.10 Å². The number of pyridine rings is 1. The number of rotatable bonds is 4. The monoisotopic (exact) mass is 415 g/mol. The van der Waals surface area contributed by atoms with Crippen molar-refractivity contribution < 1.29 is 9.90 Å². The molecule has 0 fully saturated rings. The number of hydrogen-bond donors (Lipinski definition) is 3. The number of carbonyl (C=O) groups is 1. The lowest BCUT2D eigenvalue weighted by molar-refractivity contribution is 0.0690. The Morgan fingerprint density at radius 1 is 1.10 bits per heavy atom. The number of nitrogens with one attached hydrogen (secondary N) is 2. The predicted octanol–water partition coefficient (Wildman–Crippen LogP) is 4.69. The third-order valence-corrected chi connectivity index (χ3v) is 5.79. The van der Waals surface area contributed by atoms with E-state index in [0.29, 0.717) is 5.69 Å². The number of fused-ring (bicyclic) bond motifs is 2. The molecule has 148 valence electrons. The van der Waals surface area contributed by atoms with Crippen LogP contribution < -0.4 is 10.7 Å². The molecule has 4 aromatic rings. The second kappa shape index (κ2) is 7.57. The van der Waals surface area contributed by atoms with Crippen LogP contribution in [0, 0.1) is 0 Å². The number of benzene rings is 2. The standard InChI is InChI=1S/C22H17N5O2S/c28-21(29)19-6-3-5-15(24-19)13-8-9-16-14(12-13)17(10-11-23-16)26-27-22-25-18-4-1-2-7-20(18)30-22/h1-9,12,23H,10-11H2,(H,25,27)(H,28,29)/b26-17+. The molecule has 30 heavy (non-hydrogen) atoms. The molecule has 0 bridgehead atoms. The fraction of sp³-hybridized carbons (Fsp3) is 0.0909. The summed E-state index contributed by atoms with van der Waals surface area (Å²) in [6.45, 7) is 0.791. The largest absolute Gasteiger partial charge is 0.477 e. The molecule has 0 amide bonds. The lowest BCUT2D eigenvalue weighted by Crippen LogP contribution is -2.19. The van der Waals surface area contributed by atoms with E-state index < -0.39 is 5.97 Å². The Morgan fingerprint density at radius 3 is 2.87 bits per heavy atom. The lowest BCUT2D eigenvalue weighted by atomic mass is 9.97. The summed E-state index contributed by atoms with van der Waals surface area (Å²) < 4.78 is 1.11. The Hall–Kier alpha value is -3.78. The van der Waals surface area contributed by atoms with Gasteiger partial charge in [-0.3, -0.25) is 5.43 Å². The molecule has 0 spiro atoms. The van der Waals surface area contributed by atoms with E-state index in [0.717, 1.165) is 50.8 Å². The predicted molar refractivity (Wildman–Crippen MR) is 120 cm³/mol. The molecule has 1 aliphatic rings. The van der Waals surface area contributed by atoms with E-state index in [1.807, 2.05) is 42.5 Å². The number of para-hydroxylation sites is 1. The van der Waals surface area contributed by atoms with Gasteiger partial charge in [-0.05, 0) is 36.4 Å². The second-order valence-electron chi connectivity index (χ2n) is 6.81. The van der Waals surface area contributed by atoms with Crippen molar-refractivity contribution in [2.24, 2.45) is 5.10 Å². The van der Waals surface area contributed by atoms with Crippen LogP contribution in [-0.2, 0) is 0 Å². The number of nitrogens with zero attached hydrogens (tertiary/aromatic N) is 3. The summed E-state index contributed by atoms with van der Waals surface area (Å²) in [6, 6.07) is 18.9. The topological polar surface area (TPSA) is 99.5 Å². The van der Waals surface area contributed by atoms with Gasteiger partial charge in [0.05, 0.1) is 21.6 Å². The number of carboxylic acids is 1. The average molecular weight is 415 g/mol. The second-order valence-corrected chi connectivity index (χ2v) is 7.84. The van der Waals surface area contributed by atoms with Gasteiger partial charge in [0.1, 0.15) is 5.69 Å². The highest BCUT2D eigenvalue weighted by molar-refractivity contribution is 7.22. The van der Waals surface area contributed by atoms with Crippen LogP contribution in [-0.4, -0.2) is 33.3 Å². The maximum atomic E-state index is 11.2. The van der Waals surface area contributed by atoms with Crippen molar-refractivity contribution in [3.63, 3.8) is 0 Å². The van der Waals surface area contributed by atoms with Gasteiger partial charge in [-0.15, -0.1) is 0 Å². The molecule has 3 heterocycles. The summed E-state index contributed by atoms with van der Waals surface area (Å²) in [5.41, 5.74) is 8.40. The summed E-state index contributed by atoms with van der Waals surface area (Å²) in [7, 11) is 0. The number of hydrogen-bond acceptors (Lipinski definition) is 7. The first kappa shape index (κ1) is 18.3. The smallest absolute Gasteiger partial charge is 0.354 e. The van der Waals surface area contributed by atoms with Crippen molar-refractivity contribution in [2.45, 2.75) is 6.42 Å². The summed E-state index contributed by atoms with van der Waals surface area (Å²) in [6.07, 6.45) is 0.761. The van der Waals surface area contributed by atoms with Crippen molar-refractivity contribution in [1.82, 2.24) is 9.97 Å². The Kier molecular flexibility index (Phi) is 4.61. The number of aromatic carboxylic acids is 1. The van der Waals surface area contributed by atoms with E-state index >= 15 is 0 Å². The van der Waals surface area contributed by atoms with Crippen LogP contribution in [0.15, 0.2) is 65.8 Å². The number of anilines is 2. The molecule has 2 aromatic carbocycles. The van der Waals surface area contributed by atoms with Gasteiger partial charge in [0.15, 0.2) is 0 Å². The van der Waals surface area contributed by atoms with Crippen molar-refractivity contribution in [2.75, 3.05) is 17.3 Å². The number of aromatic nitrogens is 2. The van der Waals surface area contributed by atoms with Crippen molar-refractivity contribution in [3.8, 4) is 11.3 Å². The maximum Gasteiger partial charge on any atom is 0.354 e. The minimum atomic E-state index is -1.04. The maximum absolute atomic E-state index is 11.2. The van der Waals surface area contributed by atoms with Gasteiger partial charge in [0.25, 0.3) is 0 Å². The fourth-order valence-corrected chi connectivity index (χ4v) is 4.22. The SMILES string of the molecule is O=C(O)c1cccc(-c2ccc3c(c2)/C(=N/Nc2nc4ccccc4s2)CCN3)n1. The molecule has 8 heteroatoms. The first-order valence-corrected chi connectivity index (χ1v) is 10.3. The van der Waals surface area contributed by atoms with Crippen molar-refractivity contribution in [3.05, 3.63) is 71.9 Å². The average Bonchev–Trinajstić information content (AvgIpc) is 3.20. The molecule has 0 saturated heterocycles. The van der Waals surface area contributed by atoms with E-state index in [1.165, 1.54) is 6.07 Å². The lowest BCUT2D eigenvalue weighted by Gasteiger charge is -2.20. The molecule has 0 saturated carbocycles. The van der Waals surface area contributed by atoms with Gasteiger partial charge in [0.2, 0.25) is 5.13 Å². The van der Waals surface area contributed by atoms with Gasteiger partial charge in [0, 0.05) is 29.8 Å². The molecular weight excluding hydrogens is 398 g/mol. The van der Waals surface area contributed by atoms with Gasteiger partial charge in [-0.1, -0.05) is 35.6 Å². The number of hydrazone groups is 1. The van der Waals surface area contributed by atoms with Crippen LogP contribution in [0.25, 0.3) is 21.5 Å². The summed E-state index contributed by atoms with van der Waals surface area (Å²) in [5.74, 6) is -1.04. The van der Waals surface area contributed by atoms with Gasteiger partial charge in [-0.25, -0.2) is 14.8 Å². The highest BCUT2D eigenvalue weighted by Gasteiger charge is 2.17. The number of carboxylic acid groups (broad SMARTS) is 1. The fourth-order valence-electron chi connectivity index (χ4n) is 3.41. The van der Waals surface area contributed by atoms with E-state index in [2.05, 4.69) is 25.8 Å². The van der Waals surface area contributed by atoms with E-state index in [4.69, 9.17) is 0 Å². The Bertz CT molecular complexity index is 1260. The molecule has 3 N–H and O–H groups in total. The van der Waals surface area contributed by atoms with Crippen molar-refractivity contribution in [1.29, 1.82) is 0 Å². The molecule has 1 aliphatic heterocycles. The molecule has 5 rings (SSSR count). The zero-order valence-electron chi connectivity index (χ0n) is 15.8.